The van der Waals surface area contributed by atoms with Gasteiger partial charge in [-0.25, -0.2) is 0 Å². The number of benzene rings is 2. The molecule has 2 aromatic carbocycles. The van der Waals surface area contributed by atoms with E-state index in [9.17, 15) is 13.2 Å². The average molecular weight is 347 g/mol. The normalized spacial score (nSPS) is 11.2. The summed E-state index contributed by atoms with van der Waals surface area (Å²) in [6.07, 6.45) is 0. The lowest BCUT2D eigenvalue weighted by molar-refractivity contribution is -0.114. The smallest absolute Gasteiger partial charge is 0.339 e. The van der Waals surface area contributed by atoms with Crippen molar-refractivity contribution in [3.8, 4) is 5.75 Å². The molecule has 6 heteroatoms. The fourth-order valence-electron chi connectivity index (χ4n) is 2.54. The summed E-state index contributed by atoms with van der Waals surface area (Å²) >= 11 is 0. The highest BCUT2D eigenvalue weighted by Gasteiger charge is 2.20. The summed E-state index contributed by atoms with van der Waals surface area (Å²) in [4.78, 5) is 11.2. The standard InChI is InChI=1S/C18H21NO4S/c1-11-8-13(3)18(14(4)9-11)23-24(21,22)16-7-6-12(2)17(10-16)19-15(5)20/h6-10H,1-5H3,(H,19,20). The first-order valence-electron chi connectivity index (χ1n) is 7.51. The molecule has 0 radical (unpaired) electrons. The molecule has 0 bridgehead atoms. The third kappa shape index (κ3) is 3.94. The van der Waals surface area contributed by atoms with Gasteiger partial charge in [0.2, 0.25) is 5.91 Å². The van der Waals surface area contributed by atoms with E-state index in [2.05, 4.69) is 5.32 Å². The molecule has 0 fully saturated rings. The Labute approximate surface area is 142 Å². The number of nitrogens with one attached hydrogen (secondary N) is 1. The van der Waals surface area contributed by atoms with Crippen LogP contribution in [0.3, 0.4) is 0 Å². The summed E-state index contributed by atoms with van der Waals surface area (Å²) in [5.41, 5.74) is 3.77. The molecule has 5 nitrogen and oxygen atoms in total. The first kappa shape index (κ1) is 18.0. The molecule has 0 aliphatic rings. The van der Waals surface area contributed by atoms with E-state index in [1.54, 1.807) is 13.0 Å². The van der Waals surface area contributed by atoms with Gasteiger partial charge in [-0.15, -0.1) is 0 Å². The van der Waals surface area contributed by atoms with Gasteiger partial charge in [-0.1, -0.05) is 23.8 Å². The number of carbonyl (C=O) groups is 1. The van der Waals surface area contributed by atoms with Crippen molar-refractivity contribution in [3.63, 3.8) is 0 Å². The molecule has 0 heterocycles. The molecule has 0 aromatic heterocycles. The Kier molecular flexibility index (Phi) is 4.99. The van der Waals surface area contributed by atoms with Crippen LogP contribution in [0, 0.1) is 27.7 Å². The minimum Gasteiger partial charge on any atom is -0.378 e. The molecular weight excluding hydrogens is 326 g/mol. The number of carbonyl (C=O) groups excluding carboxylic acids is 1. The van der Waals surface area contributed by atoms with Gasteiger partial charge in [-0.05, 0) is 56.5 Å². The fourth-order valence-corrected chi connectivity index (χ4v) is 3.61. The lowest BCUT2D eigenvalue weighted by atomic mass is 10.1. The quantitative estimate of drug-likeness (QED) is 0.857. The lowest BCUT2D eigenvalue weighted by Crippen LogP contribution is -2.13. The number of hydrogen-bond acceptors (Lipinski definition) is 4. The zero-order chi connectivity index (χ0) is 18.1. The molecule has 0 atom stereocenters. The van der Waals surface area contributed by atoms with Crippen molar-refractivity contribution in [2.75, 3.05) is 5.32 Å². The van der Waals surface area contributed by atoms with Gasteiger partial charge in [-0.3, -0.25) is 4.79 Å². The van der Waals surface area contributed by atoms with Crippen LogP contribution >= 0.6 is 0 Å². The lowest BCUT2D eigenvalue weighted by Gasteiger charge is -2.14. The van der Waals surface area contributed by atoms with Gasteiger partial charge >= 0.3 is 10.1 Å². The van der Waals surface area contributed by atoms with E-state index >= 15 is 0 Å². The number of anilines is 1. The second-order valence-electron chi connectivity index (χ2n) is 5.92. The van der Waals surface area contributed by atoms with E-state index in [1.807, 2.05) is 32.9 Å². The SMILES string of the molecule is CC(=O)Nc1cc(S(=O)(=O)Oc2c(C)cc(C)cc2C)ccc1C. The first-order valence-corrected chi connectivity index (χ1v) is 8.91. The summed E-state index contributed by atoms with van der Waals surface area (Å²) < 4.78 is 30.6. The van der Waals surface area contributed by atoms with Crippen molar-refractivity contribution < 1.29 is 17.4 Å². The fraction of sp³-hybridized carbons (Fsp3) is 0.278. The Morgan fingerprint density at radius 2 is 1.54 bits per heavy atom. The van der Waals surface area contributed by atoms with Gasteiger partial charge in [0.1, 0.15) is 10.6 Å². The number of aryl methyl sites for hydroxylation is 4. The highest BCUT2D eigenvalue weighted by atomic mass is 32.2. The minimum absolute atomic E-state index is 0.00350. The Bertz CT molecular complexity index is 878. The molecule has 0 saturated heterocycles. The number of hydrogen-bond donors (Lipinski definition) is 1. The van der Waals surface area contributed by atoms with E-state index < -0.39 is 10.1 Å². The maximum atomic E-state index is 12.6. The second kappa shape index (κ2) is 6.65. The summed E-state index contributed by atoms with van der Waals surface area (Å²) in [7, 11) is -4.00. The molecule has 24 heavy (non-hydrogen) atoms. The zero-order valence-electron chi connectivity index (χ0n) is 14.4. The van der Waals surface area contributed by atoms with E-state index in [4.69, 9.17) is 4.18 Å². The molecule has 128 valence electrons. The Balaban J connectivity index is 2.43. The van der Waals surface area contributed by atoms with Gasteiger partial charge in [0.05, 0.1) is 0 Å². The average Bonchev–Trinajstić information content (AvgIpc) is 2.44. The largest absolute Gasteiger partial charge is 0.378 e. The highest BCUT2D eigenvalue weighted by Crippen LogP contribution is 2.29. The van der Waals surface area contributed by atoms with E-state index in [1.165, 1.54) is 19.1 Å². The number of amides is 1. The molecule has 0 unspecified atom stereocenters. The van der Waals surface area contributed by atoms with Crippen molar-refractivity contribution in [1.82, 2.24) is 0 Å². The molecule has 1 N–H and O–H groups in total. The Morgan fingerprint density at radius 3 is 2.08 bits per heavy atom. The molecule has 2 rings (SSSR count). The highest BCUT2D eigenvalue weighted by molar-refractivity contribution is 7.87. The maximum Gasteiger partial charge on any atom is 0.339 e. The van der Waals surface area contributed by atoms with Crippen LogP contribution in [-0.2, 0) is 14.9 Å². The van der Waals surface area contributed by atoms with Gasteiger partial charge in [-0.2, -0.15) is 8.42 Å². The predicted molar refractivity (Wildman–Crippen MR) is 93.9 cm³/mol. The van der Waals surface area contributed by atoms with E-state index in [-0.39, 0.29) is 10.8 Å². The van der Waals surface area contributed by atoms with Crippen molar-refractivity contribution >= 4 is 21.7 Å². The third-order valence-corrected chi connectivity index (χ3v) is 4.82. The summed E-state index contributed by atoms with van der Waals surface area (Å²) in [5.74, 6) is 0.0704. The van der Waals surface area contributed by atoms with Gasteiger partial charge < -0.3 is 9.50 Å². The van der Waals surface area contributed by atoms with Crippen LogP contribution in [0.2, 0.25) is 0 Å². The van der Waals surface area contributed by atoms with Crippen molar-refractivity contribution in [2.24, 2.45) is 0 Å². The van der Waals surface area contributed by atoms with Crippen LogP contribution < -0.4 is 9.50 Å². The van der Waals surface area contributed by atoms with Crippen LogP contribution in [0.15, 0.2) is 35.2 Å². The summed E-state index contributed by atoms with van der Waals surface area (Å²) in [6.45, 7) is 8.72. The minimum atomic E-state index is -4.00. The van der Waals surface area contributed by atoms with Crippen LogP contribution in [0.5, 0.6) is 5.75 Å². The second-order valence-corrected chi connectivity index (χ2v) is 7.47. The van der Waals surface area contributed by atoms with Gasteiger partial charge in [0, 0.05) is 12.6 Å². The molecule has 0 saturated carbocycles. The van der Waals surface area contributed by atoms with Crippen LogP contribution in [-0.4, -0.2) is 14.3 Å². The Morgan fingerprint density at radius 1 is 0.958 bits per heavy atom. The third-order valence-electron chi connectivity index (χ3n) is 3.61. The maximum absolute atomic E-state index is 12.6. The Hall–Kier alpha value is -2.34. The van der Waals surface area contributed by atoms with Crippen LogP contribution in [0.1, 0.15) is 29.2 Å². The summed E-state index contributed by atoms with van der Waals surface area (Å²) in [6, 6.07) is 8.25. The first-order chi connectivity index (χ1) is 11.1. The molecule has 0 spiro atoms. The van der Waals surface area contributed by atoms with Crippen molar-refractivity contribution in [2.45, 2.75) is 39.5 Å². The number of rotatable bonds is 4. The molecule has 0 aliphatic heterocycles. The molecule has 0 aliphatic carbocycles. The molecule has 1 amide bonds. The van der Waals surface area contributed by atoms with E-state index in [0.717, 1.165) is 22.3 Å². The van der Waals surface area contributed by atoms with Crippen LogP contribution in [0.4, 0.5) is 5.69 Å². The molecular formula is C18H21NO4S. The van der Waals surface area contributed by atoms with E-state index in [0.29, 0.717) is 11.4 Å². The predicted octanol–water partition coefficient (Wildman–Crippen LogP) is 3.65. The topological polar surface area (TPSA) is 72.5 Å². The van der Waals surface area contributed by atoms with Crippen LogP contribution in [0.25, 0.3) is 0 Å². The molecule has 2 aromatic rings. The van der Waals surface area contributed by atoms with Crippen molar-refractivity contribution in [3.05, 3.63) is 52.6 Å². The summed E-state index contributed by atoms with van der Waals surface area (Å²) in [5, 5.41) is 2.62. The monoisotopic (exact) mass is 347 g/mol. The van der Waals surface area contributed by atoms with Gasteiger partial charge in [0.25, 0.3) is 0 Å². The van der Waals surface area contributed by atoms with Crippen molar-refractivity contribution in [1.29, 1.82) is 0 Å². The zero-order valence-corrected chi connectivity index (χ0v) is 15.2. The van der Waals surface area contributed by atoms with Gasteiger partial charge in [0.15, 0.2) is 0 Å².